The molecule has 0 radical (unpaired) electrons. The summed E-state index contributed by atoms with van der Waals surface area (Å²) in [6, 6.07) is 5.30. The summed E-state index contributed by atoms with van der Waals surface area (Å²) < 4.78 is 1.78. The van der Waals surface area contributed by atoms with Gasteiger partial charge in [0, 0.05) is 17.5 Å². The first-order chi connectivity index (χ1) is 8.99. The van der Waals surface area contributed by atoms with Crippen molar-refractivity contribution in [2.75, 3.05) is 0 Å². The third kappa shape index (κ3) is 2.96. The zero-order valence-corrected chi connectivity index (χ0v) is 12.0. The van der Waals surface area contributed by atoms with Gasteiger partial charge in [-0.3, -0.25) is 4.79 Å². The third-order valence-corrected chi connectivity index (χ3v) is 3.23. The molecule has 0 aliphatic carbocycles. The van der Waals surface area contributed by atoms with Crippen LogP contribution in [0.5, 0.6) is 0 Å². The maximum Gasteiger partial charge on any atom is 0.252 e. The van der Waals surface area contributed by atoms with Crippen LogP contribution in [-0.4, -0.2) is 20.7 Å². The molecule has 0 saturated carbocycles. The zero-order chi connectivity index (χ0) is 14.0. The molecule has 0 fully saturated rings. The first kappa shape index (κ1) is 13.6. The molecule has 0 bridgehead atoms. The van der Waals surface area contributed by atoms with Gasteiger partial charge in [-0.2, -0.15) is 0 Å². The number of thiol groups is 1. The number of hydrogen-bond donors (Lipinski definition) is 2. The Morgan fingerprint density at radius 1 is 1.47 bits per heavy atom. The third-order valence-electron chi connectivity index (χ3n) is 2.95. The molecule has 1 N–H and O–H groups in total. The van der Waals surface area contributed by atoms with Crippen molar-refractivity contribution >= 4 is 18.5 Å². The largest absolute Gasteiger partial charge is 0.342 e. The maximum atomic E-state index is 12.2. The van der Waals surface area contributed by atoms with Gasteiger partial charge in [0.2, 0.25) is 0 Å². The van der Waals surface area contributed by atoms with Gasteiger partial charge >= 0.3 is 0 Å². The minimum atomic E-state index is -0.206. The standard InChI is InChI=1S/C13H16N4OS/c1-8-4-5-10(19)6-11(8)13(18)15-9(2)12-16-14-7-17(12)3/h4-7,9,19H,1-3H3,(H,15,18). The molecule has 1 unspecified atom stereocenters. The van der Waals surface area contributed by atoms with Crippen LogP contribution in [0.2, 0.25) is 0 Å². The van der Waals surface area contributed by atoms with Crippen LogP contribution in [0.15, 0.2) is 29.4 Å². The lowest BCUT2D eigenvalue weighted by molar-refractivity contribution is 0.0937. The van der Waals surface area contributed by atoms with Crippen LogP contribution in [0, 0.1) is 6.92 Å². The van der Waals surface area contributed by atoms with Crippen LogP contribution in [0.3, 0.4) is 0 Å². The minimum absolute atomic E-state index is 0.135. The van der Waals surface area contributed by atoms with Crippen molar-refractivity contribution in [3.05, 3.63) is 41.5 Å². The van der Waals surface area contributed by atoms with Crippen molar-refractivity contribution in [1.29, 1.82) is 0 Å². The molecule has 6 heteroatoms. The maximum absolute atomic E-state index is 12.2. The Morgan fingerprint density at radius 2 is 2.21 bits per heavy atom. The summed E-state index contributed by atoms with van der Waals surface area (Å²) >= 11 is 4.26. The predicted octanol–water partition coefficient (Wildman–Crippen LogP) is 1.90. The molecule has 2 aromatic rings. The van der Waals surface area contributed by atoms with E-state index in [-0.39, 0.29) is 11.9 Å². The number of hydrogen-bond acceptors (Lipinski definition) is 4. The van der Waals surface area contributed by atoms with Crippen molar-refractivity contribution in [2.24, 2.45) is 7.05 Å². The van der Waals surface area contributed by atoms with Crippen LogP contribution >= 0.6 is 12.6 Å². The van der Waals surface area contributed by atoms with Crippen LogP contribution in [-0.2, 0) is 7.05 Å². The highest BCUT2D eigenvalue weighted by Gasteiger charge is 2.16. The van der Waals surface area contributed by atoms with Gasteiger partial charge in [0.05, 0.1) is 6.04 Å². The molecule has 1 aromatic carbocycles. The van der Waals surface area contributed by atoms with E-state index in [1.54, 1.807) is 17.0 Å². The Labute approximate surface area is 117 Å². The van der Waals surface area contributed by atoms with E-state index >= 15 is 0 Å². The summed E-state index contributed by atoms with van der Waals surface area (Å²) in [4.78, 5) is 13.0. The molecule has 0 aliphatic heterocycles. The predicted molar refractivity (Wildman–Crippen MR) is 75.3 cm³/mol. The van der Waals surface area contributed by atoms with Gasteiger partial charge < -0.3 is 9.88 Å². The summed E-state index contributed by atoms with van der Waals surface area (Å²) in [6.45, 7) is 3.77. The number of nitrogens with zero attached hydrogens (tertiary/aromatic N) is 3. The molecule has 0 aliphatic rings. The van der Waals surface area contributed by atoms with E-state index < -0.39 is 0 Å². The number of aryl methyl sites for hydroxylation is 2. The SMILES string of the molecule is Cc1ccc(S)cc1C(=O)NC(C)c1nncn1C. The van der Waals surface area contributed by atoms with Crippen molar-refractivity contribution in [2.45, 2.75) is 24.8 Å². The lowest BCUT2D eigenvalue weighted by atomic mass is 10.1. The number of carbonyl (C=O) groups excluding carboxylic acids is 1. The highest BCUT2D eigenvalue weighted by atomic mass is 32.1. The Hall–Kier alpha value is -1.82. The average Bonchev–Trinajstić information content (AvgIpc) is 2.78. The number of carbonyl (C=O) groups is 1. The second kappa shape index (κ2) is 5.44. The van der Waals surface area contributed by atoms with Crippen molar-refractivity contribution in [1.82, 2.24) is 20.1 Å². The van der Waals surface area contributed by atoms with Gasteiger partial charge in [-0.15, -0.1) is 22.8 Å². The summed E-state index contributed by atoms with van der Waals surface area (Å²) in [6.07, 6.45) is 1.61. The van der Waals surface area contributed by atoms with E-state index in [2.05, 4.69) is 28.1 Å². The second-order valence-corrected chi connectivity index (χ2v) is 5.01. The number of rotatable bonds is 3. The van der Waals surface area contributed by atoms with Gasteiger partial charge in [0.1, 0.15) is 6.33 Å². The number of amides is 1. The summed E-state index contributed by atoms with van der Waals surface area (Å²) in [5, 5.41) is 10.7. The van der Waals surface area contributed by atoms with Gasteiger partial charge in [-0.05, 0) is 31.5 Å². The normalized spacial score (nSPS) is 12.2. The van der Waals surface area contributed by atoms with Gasteiger partial charge in [0.25, 0.3) is 5.91 Å². The molecule has 0 spiro atoms. The van der Waals surface area contributed by atoms with Crippen molar-refractivity contribution in [3.8, 4) is 0 Å². The zero-order valence-electron chi connectivity index (χ0n) is 11.1. The molecule has 100 valence electrons. The molecule has 1 amide bonds. The molecular formula is C13H16N4OS. The van der Waals surface area contributed by atoms with E-state index in [1.165, 1.54) is 0 Å². The molecule has 1 atom stereocenters. The second-order valence-electron chi connectivity index (χ2n) is 4.49. The van der Waals surface area contributed by atoms with Crippen LogP contribution in [0.25, 0.3) is 0 Å². The molecule has 5 nitrogen and oxygen atoms in total. The number of benzene rings is 1. The Bertz CT molecular complexity index is 608. The monoisotopic (exact) mass is 276 g/mol. The number of aromatic nitrogens is 3. The lowest BCUT2D eigenvalue weighted by Crippen LogP contribution is -2.29. The molecule has 1 heterocycles. The van der Waals surface area contributed by atoms with E-state index in [4.69, 9.17) is 0 Å². The fourth-order valence-electron chi connectivity index (χ4n) is 1.88. The minimum Gasteiger partial charge on any atom is -0.342 e. The fraction of sp³-hybridized carbons (Fsp3) is 0.308. The summed E-state index contributed by atoms with van der Waals surface area (Å²) in [7, 11) is 1.84. The number of nitrogens with one attached hydrogen (secondary N) is 1. The molecule has 1 aromatic heterocycles. The Balaban J connectivity index is 2.17. The fourth-order valence-corrected chi connectivity index (χ4v) is 2.08. The van der Waals surface area contributed by atoms with Crippen molar-refractivity contribution in [3.63, 3.8) is 0 Å². The first-order valence-electron chi connectivity index (χ1n) is 5.93. The van der Waals surface area contributed by atoms with E-state index in [9.17, 15) is 4.79 Å². The lowest BCUT2D eigenvalue weighted by Gasteiger charge is -2.14. The average molecular weight is 276 g/mol. The quantitative estimate of drug-likeness (QED) is 0.842. The molecule has 2 rings (SSSR count). The topological polar surface area (TPSA) is 59.8 Å². The smallest absolute Gasteiger partial charge is 0.252 e. The van der Waals surface area contributed by atoms with Gasteiger partial charge in [-0.25, -0.2) is 0 Å². The highest BCUT2D eigenvalue weighted by molar-refractivity contribution is 7.80. The van der Waals surface area contributed by atoms with Crippen LogP contribution in [0.1, 0.15) is 34.7 Å². The van der Waals surface area contributed by atoms with Gasteiger partial charge in [0.15, 0.2) is 5.82 Å². The Morgan fingerprint density at radius 3 is 2.84 bits per heavy atom. The van der Waals surface area contributed by atoms with E-state index in [1.807, 2.05) is 33.0 Å². The first-order valence-corrected chi connectivity index (χ1v) is 6.38. The van der Waals surface area contributed by atoms with E-state index in [0.717, 1.165) is 10.5 Å². The molecular weight excluding hydrogens is 260 g/mol. The summed E-state index contributed by atoms with van der Waals surface area (Å²) in [5.74, 6) is 0.580. The van der Waals surface area contributed by atoms with Crippen molar-refractivity contribution < 1.29 is 4.79 Å². The van der Waals surface area contributed by atoms with Gasteiger partial charge in [-0.1, -0.05) is 6.07 Å². The summed E-state index contributed by atoms with van der Waals surface area (Å²) in [5.41, 5.74) is 1.54. The Kier molecular flexibility index (Phi) is 3.90. The van der Waals surface area contributed by atoms with E-state index in [0.29, 0.717) is 11.4 Å². The highest BCUT2D eigenvalue weighted by Crippen LogP contribution is 2.15. The van der Waals surface area contributed by atoms with Crippen LogP contribution < -0.4 is 5.32 Å². The molecule has 0 saturated heterocycles. The molecule has 19 heavy (non-hydrogen) atoms. The van der Waals surface area contributed by atoms with Crippen LogP contribution in [0.4, 0.5) is 0 Å².